The van der Waals surface area contributed by atoms with Crippen LogP contribution in [0.5, 0.6) is 5.75 Å². The molecule has 0 bridgehead atoms. The van der Waals surface area contributed by atoms with Crippen LogP contribution in [-0.2, 0) is 14.8 Å². The predicted molar refractivity (Wildman–Crippen MR) is 89.5 cm³/mol. The summed E-state index contributed by atoms with van der Waals surface area (Å²) in [5.41, 5.74) is 0.234. The van der Waals surface area contributed by atoms with Crippen LogP contribution in [0, 0.1) is 5.82 Å². The standard InChI is InChI=1S/C15H14ClFN2O4S/c1-9(20)18-12-7-6-10(23-2)8-13(12)19-24(21,22)14-5-3-4-11(16)15(14)17/h3-8,19H,1-2H3,(H,18,20). The second-order valence-corrected chi connectivity index (χ2v) is 6.81. The summed E-state index contributed by atoms with van der Waals surface area (Å²) in [5.74, 6) is -1.10. The minimum atomic E-state index is -4.27. The molecule has 0 saturated heterocycles. The van der Waals surface area contributed by atoms with Gasteiger partial charge in [0, 0.05) is 13.0 Å². The number of halogens is 2. The van der Waals surface area contributed by atoms with Crippen molar-refractivity contribution in [1.29, 1.82) is 0 Å². The van der Waals surface area contributed by atoms with Crippen LogP contribution in [0.15, 0.2) is 41.3 Å². The second-order valence-electron chi connectivity index (χ2n) is 4.75. The van der Waals surface area contributed by atoms with Gasteiger partial charge in [-0.15, -0.1) is 0 Å². The van der Waals surface area contributed by atoms with Crippen molar-refractivity contribution in [2.24, 2.45) is 0 Å². The summed E-state index contributed by atoms with van der Waals surface area (Å²) in [6.45, 7) is 1.28. The third kappa shape index (κ3) is 3.95. The van der Waals surface area contributed by atoms with Crippen molar-refractivity contribution >= 4 is 38.9 Å². The molecule has 2 aromatic carbocycles. The molecule has 2 rings (SSSR count). The summed E-state index contributed by atoms with van der Waals surface area (Å²) in [6.07, 6.45) is 0. The van der Waals surface area contributed by atoms with Crippen molar-refractivity contribution < 1.29 is 22.3 Å². The Hall–Kier alpha value is -2.32. The molecule has 0 radical (unpaired) electrons. The Kier molecular flexibility index (Phi) is 5.30. The van der Waals surface area contributed by atoms with Gasteiger partial charge in [-0.2, -0.15) is 0 Å². The molecule has 6 nitrogen and oxygen atoms in total. The maximum atomic E-state index is 14.0. The van der Waals surface area contributed by atoms with Gasteiger partial charge in [-0.1, -0.05) is 17.7 Å². The lowest BCUT2D eigenvalue weighted by Crippen LogP contribution is -2.17. The van der Waals surface area contributed by atoms with Crippen LogP contribution < -0.4 is 14.8 Å². The number of benzene rings is 2. The lowest BCUT2D eigenvalue weighted by Gasteiger charge is -2.14. The third-order valence-corrected chi connectivity index (χ3v) is 4.66. The molecular weight excluding hydrogens is 359 g/mol. The van der Waals surface area contributed by atoms with Crippen LogP contribution >= 0.6 is 11.6 Å². The van der Waals surface area contributed by atoms with E-state index in [1.165, 1.54) is 38.3 Å². The van der Waals surface area contributed by atoms with Crippen LogP contribution in [-0.4, -0.2) is 21.4 Å². The molecule has 9 heteroatoms. The number of amides is 1. The van der Waals surface area contributed by atoms with E-state index in [4.69, 9.17) is 16.3 Å². The number of carbonyl (C=O) groups excluding carboxylic acids is 1. The number of anilines is 2. The lowest BCUT2D eigenvalue weighted by molar-refractivity contribution is -0.114. The smallest absolute Gasteiger partial charge is 0.264 e. The van der Waals surface area contributed by atoms with Gasteiger partial charge in [0.1, 0.15) is 10.6 Å². The van der Waals surface area contributed by atoms with E-state index in [1.807, 2.05) is 0 Å². The molecule has 0 spiro atoms. The first-order valence-electron chi connectivity index (χ1n) is 6.67. The first-order chi connectivity index (χ1) is 11.2. The van der Waals surface area contributed by atoms with E-state index in [0.29, 0.717) is 5.75 Å². The molecule has 0 aliphatic rings. The molecule has 2 aromatic rings. The van der Waals surface area contributed by atoms with Crippen LogP contribution in [0.1, 0.15) is 6.92 Å². The summed E-state index contributed by atoms with van der Waals surface area (Å²) in [4.78, 5) is 10.7. The summed E-state index contributed by atoms with van der Waals surface area (Å²) < 4.78 is 46.2. The van der Waals surface area contributed by atoms with Gasteiger partial charge in [-0.25, -0.2) is 12.8 Å². The molecule has 2 N–H and O–H groups in total. The number of hydrogen-bond donors (Lipinski definition) is 2. The maximum absolute atomic E-state index is 14.0. The second kappa shape index (κ2) is 7.06. The Labute approximate surface area is 143 Å². The molecule has 0 atom stereocenters. The molecule has 1 amide bonds. The van der Waals surface area contributed by atoms with Crippen LogP contribution in [0.25, 0.3) is 0 Å². The van der Waals surface area contributed by atoms with E-state index in [2.05, 4.69) is 10.0 Å². The molecule has 0 aliphatic heterocycles. The molecule has 0 aromatic heterocycles. The van der Waals surface area contributed by atoms with Crippen molar-refractivity contribution in [3.63, 3.8) is 0 Å². The van der Waals surface area contributed by atoms with Gasteiger partial charge in [-0.3, -0.25) is 9.52 Å². The largest absolute Gasteiger partial charge is 0.497 e. The average Bonchev–Trinajstić information content (AvgIpc) is 2.50. The topological polar surface area (TPSA) is 84.5 Å². The number of rotatable bonds is 5. The third-order valence-electron chi connectivity index (χ3n) is 2.99. The number of hydrogen-bond acceptors (Lipinski definition) is 4. The van der Waals surface area contributed by atoms with Crippen LogP contribution in [0.4, 0.5) is 15.8 Å². The van der Waals surface area contributed by atoms with E-state index < -0.39 is 26.6 Å². The van der Waals surface area contributed by atoms with Gasteiger partial charge >= 0.3 is 0 Å². The highest BCUT2D eigenvalue weighted by Crippen LogP contribution is 2.30. The highest BCUT2D eigenvalue weighted by Gasteiger charge is 2.22. The van der Waals surface area contributed by atoms with Crippen molar-refractivity contribution in [2.75, 3.05) is 17.1 Å². The Morgan fingerprint density at radius 1 is 1.21 bits per heavy atom. The molecule has 0 aliphatic carbocycles. The van der Waals surface area contributed by atoms with Crippen molar-refractivity contribution in [3.8, 4) is 5.75 Å². The molecule has 0 heterocycles. The summed E-state index contributed by atoms with van der Waals surface area (Å²) in [7, 11) is -2.86. The SMILES string of the molecule is COc1ccc(NC(C)=O)c(NS(=O)(=O)c2cccc(Cl)c2F)c1. The van der Waals surface area contributed by atoms with Crippen molar-refractivity contribution in [3.05, 3.63) is 47.2 Å². The number of sulfonamides is 1. The molecule has 24 heavy (non-hydrogen) atoms. The summed E-state index contributed by atoms with van der Waals surface area (Å²) in [6, 6.07) is 8.02. The zero-order chi connectivity index (χ0) is 17.9. The lowest BCUT2D eigenvalue weighted by atomic mass is 10.2. The first-order valence-corrected chi connectivity index (χ1v) is 8.53. The number of ether oxygens (including phenoxy) is 1. The highest BCUT2D eigenvalue weighted by molar-refractivity contribution is 7.92. The van der Waals surface area contributed by atoms with Gasteiger partial charge in [0.25, 0.3) is 10.0 Å². The molecule has 0 saturated carbocycles. The zero-order valence-electron chi connectivity index (χ0n) is 12.8. The highest BCUT2D eigenvalue weighted by atomic mass is 35.5. The number of carbonyl (C=O) groups is 1. The maximum Gasteiger partial charge on any atom is 0.264 e. The van der Waals surface area contributed by atoms with E-state index in [0.717, 1.165) is 6.07 Å². The normalized spacial score (nSPS) is 11.0. The van der Waals surface area contributed by atoms with E-state index in [-0.39, 0.29) is 16.4 Å². The zero-order valence-corrected chi connectivity index (χ0v) is 14.3. The quantitative estimate of drug-likeness (QED) is 0.843. The molecule has 0 fully saturated rings. The number of methoxy groups -OCH3 is 1. The molecular formula is C15H14ClFN2O4S. The van der Waals surface area contributed by atoms with Crippen molar-refractivity contribution in [2.45, 2.75) is 11.8 Å². The number of nitrogens with one attached hydrogen (secondary N) is 2. The van der Waals surface area contributed by atoms with E-state index in [9.17, 15) is 17.6 Å². The van der Waals surface area contributed by atoms with E-state index >= 15 is 0 Å². The van der Waals surface area contributed by atoms with Crippen LogP contribution in [0.2, 0.25) is 5.02 Å². The molecule has 0 unspecified atom stereocenters. The Morgan fingerprint density at radius 2 is 1.92 bits per heavy atom. The average molecular weight is 373 g/mol. The predicted octanol–water partition coefficient (Wildman–Crippen LogP) is 3.25. The van der Waals surface area contributed by atoms with Crippen LogP contribution in [0.3, 0.4) is 0 Å². The molecule has 128 valence electrons. The summed E-state index contributed by atoms with van der Waals surface area (Å²) in [5, 5.41) is 2.17. The fraction of sp³-hybridized carbons (Fsp3) is 0.133. The van der Waals surface area contributed by atoms with Gasteiger partial charge in [0.2, 0.25) is 5.91 Å². The Bertz CT molecular complexity index is 887. The summed E-state index contributed by atoms with van der Waals surface area (Å²) >= 11 is 5.63. The fourth-order valence-electron chi connectivity index (χ4n) is 1.92. The first kappa shape index (κ1) is 18.0. The Balaban J connectivity index is 2.48. The fourth-order valence-corrected chi connectivity index (χ4v) is 3.33. The minimum Gasteiger partial charge on any atom is -0.497 e. The monoisotopic (exact) mass is 372 g/mol. The van der Waals surface area contributed by atoms with Gasteiger partial charge in [0.15, 0.2) is 5.82 Å². The van der Waals surface area contributed by atoms with Gasteiger partial charge in [0.05, 0.1) is 23.5 Å². The van der Waals surface area contributed by atoms with E-state index in [1.54, 1.807) is 6.07 Å². The van der Waals surface area contributed by atoms with Gasteiger partial charge < -0.3 is 10.1 Å². The van der Waals surface area contributed by atoms with Crippen molar-refractivity contribution in [1.82, 2.24) is 0 Å². The van der Waals surface area contributed by atoms with Gasteiger partial charge in [-0.05, 0) is 24.3 Å². The minimum absolute atomic E-state index is 0.0314. The Morgan fingerprint density at radius 3 is 2.54 bits per heavy atom.